The van der Waals surface area contributed by atoms with Crippen LogP contribution < -0.4 is 32.1 Å². The number of carbonyl (C=O) groups is 8. The number of halogens is 3. The molecule has 0 aliphatic carbocycles. The minimum Gasteiger partial charge on any atom is -0.480 e. The Bertz CT molecular complexity index is 1530. The first-order valence-corrected chi connectivity index (χ1v) is 21.7. The Balaban J connectivity index is 0.000000618. The first-order chi connectivity index (χ1) is 28.5. The lowest BCUT2D eigenvalue weighted by Crippen LogP contribution is -2.61. The van der Waals surface area contributed by atoms with Crippen LogP contribution in [0.15, 0.2) is 25.3 Å². The molecule has 0 aromatic rings. The Hall–Kier alpha value is -3.97. The van der Waals surface area contributed by atoms with Crippen molar-refractivity contribution in [3.63, 3.8) is 0 Å². The molecule has 2 rings (SSSR count). The molecule has 0 aromatic heterocycles. The van der Waals surface area contributed by atoms with Crippen molar-refractivity contribution in [2.75, 3.05) is 19.7 Å². The number of carboxylic acids is 1. The average Bonchev–Trinajstić information content (AvgIpc) is 3.20. The van der Waals surface area contributed by atoms with Crippen LogP contribution in [0.4, 0.5) is 0 Å². The lowest BCUT2D eigenvalue weighted by molar-refractivity contribution is -0.153. The highest BCUT2D eigenvalue weighted by Gasteiger charge is 2.35. The highest BCUT2D eigenvalue weighted by molar-refractivity contribution is 6.67. The fourth-order valence-corrected chi connectivity index (χ4v) is 6.23. The molecule has 7 N–H and O–H groups in total. The molecular weight excluding hydrogens is 859 g/mol. The first-order valence-electron chi connectivity index (χ1n) is 20.5. The maximum atomic E-state index is 12.8. The van der Waals surface area contributed by atoms with Crippen LogP contribution in [0, 0.1) is 11.8 Å². The van der Waals surface area contributed by atoms with Gasteiger partial charge in [-0.1, -0.05) is 74.6 Å². The van der Waals surface area contributed by atoms with E-state index in [9.17, 15) is 38.4 Å². The molecule has 6 amide bonds. The van der Waals surface area contributed by atoms with E-state index < -0.39 is 82.2 Å². The number of esters is 1. The molecule has 0 spiro atoms. The summed E-state index contributed by atoms with van der Waals surface area (Å²) in [6.07, 6.45) is 8.75. The zero-order valence-corrected chi connectivity index (χ0v) is 38.3. The number of allylic oxidation sites excluding steroid dienone is 2. The van der Waals surface area contributed by atoms with Crippen LogP contribution in [0.25, 0.3) is 0 Å². The summed E-state index contributed by atoms with van der Waals surface area (Å²) in [5.74, 6) is -4.21. The number of unbranched alkanes of at least 4 members (excludes halogenated alkanes) is 2. The molecule has 2 heterocycles. The molecular formula is C40H65Cl3N8O10. The summed E-state index contributed by atoms with van der Waals surface area (Å²) in [4.78, 5) is 98.2. The van der Waals surface area contributed by atoms with Crippen LogP contribution in [0.3, 0.4) is 0 Å². The summed E-state index contributed by atoms with van der Waals surface area (Å²) in [6, 6.07) is -4.88. The van der Waals surface area contributed by atoms with E-state index in [2.05, 4.69) is 45.3 Å². The monoisotopic (exact) mass is 922 g/mol. The number of hydrogen-bond donors (Lipinski definition) is 7. The molecule has 6 atom stereocenters. The summed E-state index contributed by atoms with van der Waals surface area (Å²) >= 11 is 16.8. The molecule has 0 unspecified atom stereocenters. The number of nitrogens with one attached hydrogen (secondary N) is 6. The third-order valence-corrected chi connectivity index (χ3v) is 9.81. The van der Waals surface area contributed by atoms with Crippen molar-refractivity contribution in [3.05, 3.63) is 25.3 Å². The van der Waals surface area contributed by atoms with E-state index in [-0.39, 0.29) is 30.1 Å². The number of amides is 6. The normalized spacial score (nSPS) is 18.5. The van der Waals surface area contributed by atoms with E-state index in [4.69, 9.17) is 44.6 Å². The number of carboxylic acid groups (broad SMARTS) is 1. The largest absolute Gasteiger partial charge is 0.480 e. The number of nitrogens with zero attached hydrogens (tertiary/aromatic N) is 2. The Morgan fingerprint density at radius 2 is 1.10 bits per heavy atom. The number of hydrogen-bond acceptors (Lipinski definition) is 11. The maximum absolute atomic E-state index is 12.8. The highest BCUT2D eigenvalue weighted by atomic mass is 35.6. The number of carbonyl (C=O) groups excluding carboxylic acids is 7. The number of rotatable bonds is 21. The second-order valence-corrected chi connectivity index (χ2v) is 18.1. The molecule has 18 nitrogen and oxygen atoms in total. The molecule has 0 bridgehead atoms. The zero-order chi connectivity index (χ0) is 46.4. The van der Waals surface area contributed by atoms with Gasteiger partial charge in [-0.15, -0.1) is 13.2 Å². The second-order valence-electron chi connectivity index (χ2n) is 15.6. The molecule has 61 heavy (non-hydrogen) atoms. The Morgan fingerprint density at radius 3 is 1.46 bits per heavy atom. The minimum absolute atomic E-state index is 0.157. The zero-order valence-electron chi connectivity index (χ0n) is 36.0. The highest BCUT2D eigenvalue weighted by Crippen LogP contribution is 2.26. The standard InChI is InChI=1S/C21H33Cl3N4O5.C19H32N4O5/c1-5-6-7-10-16(29)26-17(13(2)3)18(30)25-14(4)19(31)28-11-8-9-15(27-28)20(32)33-12-21(22,23)24;1-5-6-7-10-15(24)21-16(12(2)3)17(25)20-13(4)18(26)23-11-8-9-14(22-23)19(27)28/h5,13-15,17,27H,1,6-12H2,2-4H3,(H,25,30)(H,26,29);5,12-14,16,22H,1,6-11H2,2-4H3,(H,20,25)(H,21,24)(H,27,28)/t14-,15-,17-;13-,14-,16-/m00/s1. The van der Waals surface area contributed by atoms with Gasteiger partial charge < -0.3 is 31.1 Å². The molecule has 0 radical (unpaired) electrons. The number of ether oxygens (including phenoxy) is 1. The van der Waals surface area contributed by atoms with E-state index in [0.29, 0.717) is 64.5 Å². The molecule has 2 aliphatic heterocycles. The van der Waals surface area contributed by atoms with E-state index in [1.165, 1.54) is 23.9 Å². The van der Waals surface area contributed by atoms with Crippen LogP contribution in [-0.4, -0.2) is 122 Å². The van der Waals surface area contributed by atoms with Gasteiger partial charge >= 0.3 is 11.9 Å². The van der Waals surface area contributed by atoms with E-state index in [1.807, 2.05) is 13.8 Å². The minimum atomic E-state index is -1.73. The van der Waals surface area contributed by atoms with Gasteiger partial charge in [0.15, 0.2) is 0 Å². The van der Waals surface area contributed by atoms with Crippen molar-refractivity contribution in [1.29, 1.82) is 0 Å². The summed E-state index contributed by atoms with van der Waals surface area (Å²) < 4.78 is 3.25. The molecule has 0 saturated carbocycles. The van der Waals surface area contributed by atoms with Crippen molar-refractivity contribution in [2.24, 2.45) is 11.8 Å². The van der Waals surface area contributed by atoms with Gasteiger partial charge in [-0.3, -0.25) is 48.4 Å². The molecule has 0 aromatic carbocycles. The van der Waals surface area contributed by atoms with Crippen molar-refractivity contribution >= 4 is 82.2 Å². The number of aliphatic carboxylic acids is 1. The fourth-order valence-electron chi connectivity index (χ4n) is 6.06. The number of alkyl halides is 3. The van der Waals surface area contributed by atoms with E-state index in [1.54, 1.807) is 26.0 Å². The van der Waals surface area contributed by atoms with Gasteiger partial charge in [0.05, 0.1) is 0 Å². The molecule has 21 heteroatoms. The fraction of sp³-hybridized carbons (Fsp3) is 0.700. The first kappa shape index (κ1) is 55.0. The Morgan fingerprint density at radius 1 is 0.705 bits per heavy atom. The smallest absolute Gasteiger partial charge is 0.325 e. The third kappa shape index (κ3) is 21.1. The van der Waals surface area contributed by atoms with Gasteiger partial charge in [-0.05, 0) is 77.0 Å². The van der Waals surface area contributed by atoms with Gasteiger partial charge in [-0.2, -0.15) is 0 Å². The quantitative estimate of drug-likeness (QED) is 0.0381. The van der Waals surface area contributed by atoms with Gasteiger partial charge in [-0.25, -0.2) is 10.9 Å². The average molecular weight is 924 g/mol. The maximum Gasteiger partial charge on any atom is 0.325 e. The van der Waals surface area contributed by atoms with Crippen LogP contribution in [0.2, 0.25) is 0 Å². The summed E-state index contributed by atoms with van der Waals surface area (Å²) in [5, 5.41) is 22.3. The predicted octanol–water partition coefficient (Wildman–Crippen LogP) is 2.97. The van der Waals surface area contributed by atoms with E-state index >= 15 is 0 Å². The number of hydrazine groups is 2. The molecule has 2 fully saturated rings. The van der Waals surface area contributed by atoms with Crippen LogP contribution in [-0.2, 0) is 43.1 Å². The van der Waals surface area contributed by atoms with Gasteiger partial charge in [0, 0.05) is 25.9 Å². The Labute approximate surface area is 373 Å². The van der Waals surface area contributed by atoms with E-state index in [0.717, 1.165) is 6.42 Å². The topological polar surface area (TPSA) is 245 Å². The lowest BCUT2D eigenvalue weighted by atomic mass is 10.0. The van der Waals surface area contributed by atoms with Gasteiger partial charge in [0.25, 0.3) is 11.8 Å². The SMILES string of the molecule is C=CCCCC(=O)N[C@H](C(=O)N[C@@H](C)C(=O)N1CCC[C@@H](C(=O)O)N1)C(C)C.C=CCCCC(=O)N[C@H](C(=O)N[C@@H](C)C(=O)N1CCC[C@@H](C(=O)OCC(Cl)(Cl)Cl)N1)C(C)C. The van der Waals surface area contributed by atoms with Crippen molar-refractivity contribution in [1.82, 2.24) is 42.1 Å². The second kappa shape index (κ2) is 27.9. The lowest BCUT2D eigenvalue weighted by Gasteiger charge is -2.34. The van der Waals surface area contributed by atoms with Gasteiger partial charge in [0.1, 0.15) is 42.9 Å². The van der Waals surface area contributed by atoms with Gasteiger partial charge in [0.2, 0.25) is 27.4 Å². The summed E-state index contributed by atoms with van der Waals surface area (Å²) in [7, 11) is 0. The molecule has 2 aliphatic rings. The van der Waals surface area contributed by atoms with Crippen molar-refractivity contribution in [2.45, 2.75) is 146 Å². The Kier molecular flexibility index (Phi) is 25.1. The van der Waals surface area contributed by atoms with Crippen LogP contribution in [0.1, 0.15) is 106 Å². The van der Waals surface area contributed by atoms with Crippen molar-refractivity contribution in [3.8, 4) is 0 Å². The summed E-state index contributed by atoms with van der Waals surface area (Å²) in [6.45, 7) is 17.8. The third-order valence-electron chi connectivity index (χ3n) is 9.48. The molecule has 2 saturated heterocycles. The van der Waals surface area contributed by atoms with Crippen LogP contribution >= 0.6 is 34.8 Å². The molecule has 346 valence electrons. The predicted molar refractivity (Wildman–Crippen MR) is 231 cm³/mol. The van der Waals surface area contributed by atoms with Crippen molar-refractivity contribution < 1.29 is 48.2 Å². The summed E-state index contributed by atoms with van der Waals surface area (Å²) in [5.41, 5.74) is 5.48. The van der Waals surface area contributed by atoms with Crippen LogP contribution in [0.5, 0.6) is 0 Å².